The smallest absolute Gasteiger partial charge is 0.162 e. The van der Waals surface area contributed by atoms with Crippen LogP contribution in [0, 0.1) is 0 Å². The summed E-state index contributed by atoms with van der Waals surface area (Å²) in [6.45, 7) is 0. The summed E-state index contributed by atoms with van der Waals surface area (Å²) in [5.74, 6) is 2.26. The SMILES string of the molecule is Clc1ccc2nc(-c3ccc(Nc4nc(-c5ccccc5)nc5ccccc45)cc3)[nH]c2c1. The maximum absolute atomic E-state index is 6.10. The Morgan fingerprint density at radius 2 is 1.45 bits per heavy atom. The zero-order valence-electron chi connectivity index (χ0n) is 17.5. The van der Waals surface area contributed by atoms with Gasteiger partial charge in [-0.2, -0.15) is 0 Å². The zero-order valence-corrected chi connectivity index (χ0v) is 18.2. The Kier molecular flexibility index (Phi) is 4.74. The molecule has 5 nitrogen and oxygen atoms in total. The molecule has 0 aliphatic heterocycles. The van der Waals surface area contributed by atoms with E-state index in [4.69, 9.17) is 21.6 Å². The van der Waals surface area contributed by atoms with Crippen LogP contribution in [0.15, 0.2) is 97.1 Å². The fraction of sp³-hybridized carbons (Fsp3) is 0. The third kappa shape index (κ3) is 3.79. The summed E-state index contributed by atoms with van der Waals surface area (Å²) in [6, 6.07) is 31.8. The molecule has 0 bridgehead atoms. The molecular weight excluding hydrogens is 430 g/mol. The Labute approximate surface area is 195 Å². The Morgan fingerprint density at radius 1 is 0.667 bits per heavy atom. The van der Waals surface area contributed by atoms with E-state index in [1.807, 2.05) is 97.1 Å². The van der Waals surface area contributed by atoms with Crippen LogP contribution in [-0.4, -0.2) is 19.9 Å². The van der Waals surface area contributed by atoms with Crippen LogP contribution >= 0.6 is 11.6 Å². The quantitative estimate of drug-likeness (QED) is 0.299. The Bertz CT molecular complexity index is 1590. The van der Waals surface area contributed by atoms with E-state index in [-0.39, 0.29) is 0 Å². The number of aromatic amines is 1. The standard InChI is InChI=1S/C27H18ClN5/c28-19-12-15-23-24(16-19)32-25(31-23)18-10-13-20(14-11-18)29-27-21-8-4-5-9-22(21)30-26(33-27)17-6-2-1-3-7-17/h1-16H,(H,31,32)(H,29,30,33). The number of fused-ring (bicyclic) bond motifs is 2. The molecule has 6 heteroatoms. The van der Waals surface area contributed by atoms with Gasteiger partial charge in [-0.25, -0.2) is 15.0 Å². The number of nitrogens with zero attached hydrogens (tertiary/aromatic N) is 3. The van der Waals surface area contributed by atoms with Gasteiger partial charge in [0.15, 0.2) is 5.82 Å². The van der Waals surface area contributed by atoms with Crippen LogP contribution in [0.5, 0.6) is 0 Å². The van der Waals surface area contributed by atoms with Crippen molar-refractivity contribution in [3.63, 3.8) is 0 Å². The minimum atomic E-state index is 0.684. The predicted octanol–water partition coefficient (Wildman–Crippen LogP) is 7.24. The van der Waals surface area contributed by atoms with E-state index in [1.165, 1.54) is 0 Å². The number of hydrogen-bond acceptors (Lipinski definition) is 4. The van der Waals surface area contributed by atoms with Crippen molar-refractivity contribution in [2.24, 2.45) is 0 Å². The lowest BCUT2D eigenvalue weighted by molar-refractivity contribution is 1.22. The van der Waals surface area contributed by atoms with Crippen LogP contribution in [-0.2, 0) is 0 Å². The van der Waals surface area contributed by atoms with Crippen molar-refractivity contribution in [1.82, 2.24) is 19.9 Å². The van der Waals surface area contributed by atoms with Crippen molar-refractivity contribution in [3.05, 3.63) is 102 Å². The maximum atomic E-state index is 6.10. The Hall–Kier alpha value is -4.22. The second-order valence-electron chi connectivity index (χ2n) is 7.73. The van der Waals surface area contributed by atoms with Crippen molar-refractivity contribution >= 4 is 45.0 Å². The van der Waals surface area contributed by atoms with E-state index in [1.54, 1.807) is 0 Å². The average molecular weight is 448 g/mol. The monoisotopic (exact) mass is 447 g/mol. The molecule has 0 aliphatic rings. The third-order valence-electron chi connectivity index (χ3n) is 5.50. The van der Waals surface area contributed by atoms with Crippen LogP contribution in [0.1, 0.15) is 0 Å². The van der Waals surface area contributed by atoms with Crippen molar-refractivity contribution in [3.8, 4) is 22.8 Å². The summed E-state index contributed by atoms with van der Waals surface area (Å²) in [5.41, 5.74) is 5.60. The Balaban J connectivity index is 1.35. The lowest BCUT2D eigenvalue weighted by Crippen LogP contribution is -1.99. The summed E-state index contributed by atoms with van der Waals surface area (Å²) in [5, 5.41) is 5.12. The van der Waals surface area contributed by atoms with Crippen molar-refractivity contribution in [2.45, 2.75) is 0 Å². The first-order chi connectivity index (χ1) is 16.2. The first kappa shape index (κ1) is 19.5. The molecule has 0 saturated carbocycles. The van der Waals surface area contributed by atoms with Gasteiger partial charge in [0.25, 0.3) is 0 Å². The predicted molar refractivity (Wildman–Crippen MR) is 135 cm³/mol. The normalized spacial score (nSPS) is 11.2. The van der Waals surface area contributed by atoms with Gasteiger partial charge in [0.2, 0.25) is 0 Å². The number of para-hydroxylation sites is 1. The topological polar surface area (TPSA) is 66.5 Å². The largest absolute Gasteiger partial charge is 0.340 e. The van der Waals surface area contributed by atoms with E-state index in [2.05, 4.69) is 15.3 Å². The van der Waals surface area contributed by atoms with Gasteiger partial charge >= 0.3 is 0 Å². The molecule has 0 saturated heterocycles. The highest BCUT2D eigenvalue weighted by molar-refractivity contribution is 6.31. The van der Waals surface area contributed by atoms with Gasteiger partial charge in [0.1, 0.15) is 11.6 Å². The minimum absolute atomic E-state index is 0.684. The molecule has 0 radical (unpaired) electrons. The molecule has 4 aromatic carbocycles. The van der Waals surface area contributed by atoms with Crippen LogP contribution in [0.4, 0.5) is 11.5 Å². The van der Waals surface area contributed by atoms with Gasteiger partial charge in [0, 0.05) is 27.2 Å². The van der Waals surface area contributed by atoms with Crippen molar-refractivity contribution in [1.29, 1.82) is 0 Å². The highest BCUT2D eigenvalue weighted by Crippen LogP contribution is 2.29. The molecule has 0 fully saturated rings. The molecule has 0 amide bonds. The average Bonchev–Trinajstić information content (AvgIpc) is 3.28. The molecule has 158 valence electrons. The molecule has 0 spiro atoms. The molecule has 0 aliphatic carbocycles. The summed E-state index contributed by atoms with van der Waals surface area (Å²) in [4.78, 5) is 17.6. The fourth-order valence-corrected chi connectivity index (χ4v) is 4.03. The molecule has 0 atom stereocenters. The van der Waals surface area contributed by atoms with E-state index in [0.29, 0.717) is 10.8 Å². The van der Waals surface area contributed by atoms with Gasteiger partial charge in [-0.1, -0.05) is 54.1 Å². The van der Waals surface area contributed by atoms with E-state index in [0.717, 1.165) is 50.4 Å². The van der Waals surface area contributed by atoms with Crippen LogP contribution < -0.4 is 5.32 Å². The summed E-state index contributed by atoms with van der Waals surface area (Å²) in [6.07, 6.45) is 0. The number of nitrogens with one attached hydrogen (secondary N) is 2. The number of imidazole rings is 1. The number of halogens is 1. The van der Waals surface area contributed by atoms with Gasteiger partial charge in [-0.3, -0.25) is 0 Å². The maximum Gasteiger partial charge on any atom is 0.162 e. The molecule has 0 unspecified atom stereocenters. The first-order valence-electron chi connectivity index (χ1n) is 10.6. The van der Waals surface area contributed by atoms with Crippen LogP contribution in [0.3, 0.4) is 0 Å². The number of anilines is 2. The Morgan fingerprint density at radius 3 is 2.30 bits per heavy atom. The molecule has 2 heterocycles. The lowest BCUT2D eigenvalue weighted by Gasteiger charge is -2.11. The minimum Gasteiger partial charge on any atom is -0.340 e. The molecule has 6 aromatic rings. The van der Waals surface area contributed by atoms with E-state index >= 15 is 0 Å². The van der Waals surface area contributed by atoms with Gasteiger partial charge in [0.05, 0.1) is 16.6 Å². The van der Waals surface area contributed by atoms with Gasteiger partial charge in [-0.05, 0) is 54.6 Å². The molecule has 2 N–H and O–H groups in total. The van der Waals surface area contributed by atoms with Gasteiger partial charge in [-0.15, -0.1) is 0 Å². The van der Waals surface area contributed by atoms with Crippen molar-refractivity contribution in [2.75, 3.05) is 5.32 Å². The van der Waals surface area contributed by atoms with Crippen molar-refractivity contribution < 1.29 is 0 Å². The lowest BCUT2D eigenvalue weighted by atomic mass is 10.1. The number of H-pyrrole nitrogens is 1. The molecular formula is C27H18ClN5. The fourth-order valence-electron chi connectivity index (χ4n) is 3.85. The number of benzene rings is 4. The summed E-state index contributed by atoms with van der Waals surface area (Å²) < 4.78 is 0. The molecule has 2 aromatic heterocycles. The molecule has 33 heavy (non-hydrogen) atoms. The zero-order chi connectivity index (χ0) is 22.2. The number of hydrogen-bond donors (Lipinski definition) is 2. The second kappa shape index (κ2) is 8.04. The van der Waals surface area contributed by atoms with E-state index < -0.39 is 0 Å². The summed E-state index contributed by atoms with van der Waals surface area (Å²) in [7, 11) is 0. The highest BCUT2D eigenvalue weighted by Gasteiger charge is 2.10. The second-order valence-corrected chi connectivity index (χ2v) is 8.16. The number of rotatable bonds is 4. The van der Waals surface area contributed by atoms with Crippen LogP contribution in [0.25, 0.3) is 44.7 Å². The van der Waals surface area contributed by atoms with Gasteiger partial charge < -0.3 is 10.3 Å². The third-order valence-corrected chi connectivity index (χ3v) is 5.74. The number of aromatic nitrogens is 4. The first-order valence-corrected chi connectivity index (χ1v) is 11.0. The molecule has 6 rings (SSSR count). The van der Waals surface area contributed by atoms with Crippen LogP contribution in [0.2, 0.25) is 5.02 Å². The summed E-state index contributed by atoms with van der Waals surface area (Å²) >= 11 is 6.10. The van der Waals surface area contributed by atoms with E-state index in [9.17, 15) is 0 Å². The highest BCUT2D eigenvalue weighted by atomic mass is 35.5.